The Labute approximate surface area is 211 Å². The van der Waals surface area contributed by atoms with Crippen molar-refractivity contribution in [3.05, 3.63) is 102 Å². The third kappa shape index (κ3) is 5.86. The van der Waals surface area contributed by atoms with Crippen LogP contribution in [0.3, 0.4) is 0 Å². The Morgan fingerprint density at radius 1 is 0.944 bits per heavy atom. The highest BCUT2D eigenvalue weighted by atomic mass is 16.2. The second-order valence-electron chi connectivity index (χ2n) is 9.76. The summed E-state index contributed by atoms with van der Waals surface area (Å²) in [7, 11) is 0. The fourth-order valence-corrected chi connectivity index (χ4v) is 3.81. The first-order valence-electron chi connectivity index (χ1n) is 12.0. The van der Waals surface area contributed by atoms with E-state index in [1.165, 1.54) is 0 Å². The number of carbonyl (C=O) groups excluding carboxylic acids is 2. The van der Waals surface area contributed by atoms with Gasteiger partial charge in [-0.2, -0.15) is 5.10 Å². The normalized spacial score (nSPS) is 12.1. The maximum absolute atomic E-state index is 12.8. The molecule has 4 aromatic rings. The molecule has 1 atom stereocenters. The second-order valence-corrected chi connectivity index (χ2v) is 9.76. The van der Waals surface area contributed by atoms with Gasteiger partial charge in [0.25, 0.3) is 5.91 Å². The smallest absolute Gasteiger partial charge is 0.251 e. The maximum Gasteiger partial charge on any atom is 0.251 e. The molecule has 2 aromatic heterocycles. The zero-order valence-corrected chi connectivity index (χ0v) is 21.0. The molecule has 0 fully saturated rings. The van der Waals surface area contributed by atoms with Crippen molar-refractivity contribution < 1.29 is 9.59 Å². The fraction of sp³-hybridized carbons (Fsp3) is 0.241. The first-order chi connectivity index (χ1) is 17.2. The van der Waals surface area contributed by atoms with Crippen LogP contribution in [-0.2, 0) is 16.8 Å². The van der Waals surface area contributed by atoms with E-state index in [1.807, 2.05) is 60.8 Å². The van der Waals surface area contributed by atoms with Gasteiger partial charge in [0.05, 0.1) is 11.4 Å². The van der Waals surface area contributed by atoms with E-state index in [4.69, 9.17) is 5.10 Å². The highest BCUT2D eigenvalue weighted by molar-refractivity contribution is 5.97. The van der Waals surface area contributed by atoms with Gasteiger partial charge < -0.3 is 10.6 Å². The second kappa shape index (κ2) is 10.6. The average Bonchev–Trinajstić information content (AvgIpc) is 3.32. The molecule has 2 aromatic carbocycles. The van der Waals surface area contributed by atoms with Gasteiger partial charge in [0.2, 0.25) is 5.91 Å². The Kier molecular flexibility index (Phi) is 7.29. The predicted octanol–water partition coefficient (Wildman–Crippen LogP) is 4.67. The first kappa shape index (κ1) is 24.9. The van der Waals surface area contributed by atoms with E-state index in [0.717, 1.165) is 28.1 Å². The van der Waals surface area contributed by atoms with E-state index in [1.54, 1.807) is 36.1 Å². The molecule has 1 unspecified atom stereocenters. The van der Waals surface area contributed by atoms with Crippen LogP contribution < -0.4 is 10.6 Å². The van der Waals surface area contributed by atoms with Crippen molar-refractivity contribution in [1.29, 1.82) is 0 Å². The minimum Gasteiger partial charge on any atom is -0.350 e. The Balaban J connectivity index is 1.44. The molecule has 0 radical (unpaired) electrons. The van der Waals surface area contributed by atoms with Gasteiger partial charge in [-0.25, -0.2) is 4.68 Å². The van der Waals surface area contributed by atoms with Gasteiger partial charge >= 0.3 is 0 Å². The predicted molar refractivity (Wildman–Crippen MR) is 141 cm³/mol. The molecular weight excluding hydrogens is 450 g/mol. The lowest BCUT2D eigenvalue weighted by atomic mass is 9.86. The lowest BCUT2D eigenvalue weighted by molar-refractivity contribution is -0.122. The lowest BCUT2D eigenvalue weighted by Crippen LogP contribution is -2.44. The van der Waals surface area contributed by atoms with Crippen molar-refractivity contribution in [3.8, 4) is 16.9 Å². The van der Waals surface area contributed by atoms with Crippen molar-refractivity contribution in [2.24, 2.45) is 0 Å². The molecule has 0 aliphatic rings. The van der Waals surface area contributed by atoms with Gasteiger partial charge in [-0.15, -0.1) is 0 Å². The molecule has 2 N–H and O–H groups in total. The molecule has 0 saturated heterocycles. The van der Waals surface area contributed by atoms with E-state index >= 15 is 0 Å². The van der Waals surface area contributed by atoms with Crippen molar-refractivity contribution in [2.45, 2.75) is 45.7 Å². The van der Waals surface area contributed by atoms with Crippen molar-refractivity contribution in [3.63, 3.8) is 0 Å². The number of hydrogen-bond donors (Lipinski definition) is 2. The fourth-order valence-electron chi connectivity index (χ4n) is 3.81. The number of nitrogens with zero attached hydrogens (tertiary/aromatic N) is 3. The summed E-state index contributed by atoms with van der Waals surface area (Å²) in [6.07, 6.45) is 5.33. The SMILES string of the molecule is CC(NC(=O)c1ccc(C(C)(C)C)cc1)C(=O)NCc1cn(-c2ccccc2)nc1-c1ccncc1. The minimum atomic E-state index is -0.701. The number of nitrogens with one attached hydrogen (secondary N) is 2. The number of pyridine rings is 1. The molecular formula is C29H31N5O2. The Morgan fingerprint density at radius 2 is 1.61 bits per heavy atom. The van der Waals surface area contributed by atoms with Crippen LogP contribution in [-0.4, -0.2) is 32.6 Å². The van der Waals surface area contributed by atoms with Gasteiger partial charge in [0, 0.05) is 41.8 Å². The summed E-state index contributed by atoms with van der Waals surface area (Å²) in [4.78, 5) is 29.6. The number of aromatic nitrogens is 3. The summed E-state index contributed by atoms with van der Waals surface area (Å²) >= 11 is 0. The van der Waals surface area contributed by atoms with E-state index in [-0.39, 0.29) is 23.8 Å². The molecule has 2 amide bonds. The molecule has 0 aliphatic heterocycles. The van der Waals surface area contributed by atoms with Crippen LogP contribution in [0.1, 0.15) is 49.2 Å². The summed E-state index contributed by atoms with van der Waals surface area (Å²) in [5, 5.41) is 10.5. The number of amides is 2. The minimum absolute atomic E-state index is 0.00557. The van der Waals surface area contributed by atoms with Crippen molar-refractivity contribution >= 4 is 11.8 Å². The van der Waals surface area contributed by atoms with Crippen molar-refractivity contribution in [2.75, 3.05) is 0 Å². The molecule has 0 aliphatic carbocycles. The zero-order chi connectivity index (χ0) is 25.7. The Morgan fingerprint density at radius 3 is 2.25 bits per heavy atom. The van der Waals surface area contributed by atoms with E-state index < -0.39 is 6.04 Å². The Bertz CT molecular complexity index is 1320. The van der Waals surface area contributed by atoms with Crippen LogP contribution in [0, 0.1) is 0 Å². The van der Waals surface area contributed by atoms with Crippen molar-refractivity contribution in [1.82, 2.24) is 25.4 Å². The van der Waals surface area contributed by atoms with E-state index in [0.29, 0.717) is 5.56 Å². The third-order valence-corrected chi connectivity index (χ3v) is 5.97. The molecule has 36 heavy (non-hydrogen) atoms. The molecule has 2 heterocycles. The average molecular weight is 482 g/mol. The molecule has 0 spiro atoms. The summed E-state index contributed by atoms with van der Waals surface area (Å²) in [5.41, 5.74) is 5.11. The van der Waals surface area contributed by atoms with Crippen LogP contribution in [0.2, 0.25) is 0 Å². The number of carbonyl (C=O) groups is 2. The quantitative estimate of drug-likeness (QED) is 0.402. The molecule has 184 valence electrons. The summed E-state index contributed by atoms with van der Waals surface area (Å²) in [6, 6.07) is 20.3. The highest BCUT2D eigenvalue weighted by Gasteiger charge is 2.19. The molecule has 7 heteroatoms. The maximum atomic E-state index is 12.8. The lowest BCUT2D eigenvalue weighted by Gasteiger charge is -2.19. The topological polar surface area (TPSA) is 88.9 Å². The van der Waals surface area contributed by atoms with Crippen LogP contribution in [0.15, 0.2) is 85.3 Å². The summed E-state index contributed by atoms with van der Waals surface area (Å²) in [6.45, 7) is 8.31. The van der Waals surface area contributed by atoms with Gasteiger partial charge in [-0.05, 0) is 54.3 Å². The largest absolute Gasteiger partial charge is 0.350 e. The molecule has 0 saturated carbocycles. The van der Waals surface area contributed by atoms with Crippen LogP contribution in [0.25, 0.3) is 16.9 Å². The number of benzene rings is 2. The number of para-hydroxylation sites is 1. The molecule has 4 rings (SSSR count). The first-order valence-corrected chi connectivity index (χ1v) is 12.0. The van der Waals surface area contributed by atoms with Crippen LogP contribution in [0.5, 0.6) is 0 Å². The zero-order valence-electron chi connectivity index (χ0n) is 21.0. The molecule has 0 bridgehead atoms. The summed E-state index contributed by atoms with van der Waals surface area (Å²) in [5.74, 6) is -0.560. The van der Waals surface area contributed by atoms with Crippen LogP contribution >= 0.6 is 0 Å². The standard InChI is InChI=1S/C29H31N5O2/c1-20(32-28(36)22-10-12-24(13-11-22)29(2,3)4)27(35)31-18-23-19-34(25-8-6-5-7-9-25)33-26(23)21-14-16-30-17-15-21/h5-17,19-20H,18H2,1-4H3,(H,31,35)(H,32,36). The van der Waals surface area contributed by atoms with Gasteiger partial charge in [0.15, 0.2) is 0 Å². The van der Waals surface area contributed by atoms with E-state index in [2.05, 4.69) is 36.4 Å². The van der Waals surface area contributed by atoms with Crippen LogP contribution in [0.4, 0.5) is 0 Å². The number of rotatable bonds is 7. The number of hydrogen-bond acceptors (Lipinski definition) is 4. The monoisotopic (exact) mass is 481 g/mol. The van der Waals surface area contributed by atoms with Gasteiger partial charge in [-0.1, -0.05) is 51.1 Å². The summed E-state index contributed by atoms with van der Waals surface area (Å²) < 4.78 is 1.80. The highest BCUT2D eigenvalue weighted by Crippen LogP contribution is 2.24. The Hall–Kier alpha value is -4.26. The van der Waals surface area contributed by atoms with Gasteiger partial charge in [-0.3, -0.25) is 14.6 Å². The van der Waals surface area contributed by atoms with Gasteiger partial charge in [0.1, 0.15) is 6.04 Å². The van der Waals surface area contributed by atoms with E-state index in [9.17, 15) is 9.59 Å². The molecule has 7 nitrogen and oxygen atoms in total. The third-order valence-electron chi connectivity index (χ3n) is 5.97.